The fourth-order valence-corrected chi connectivity index (χ4v) is 2.07. The molecule has 2 aromatic rings. The highest BCUT2D eigenvalue weighted by Gasteiger charge is 2.29. The SMILES string of the molecule is NC(=O)C(OC(=O)c1ccccc1)C(=O)Nc1ccc(Cl)c(Cl)c1. The Labute approximate surface area is 147 Å². The van der Waals surface area contributed by atoms with Gasteiger partial charge < -0.3 is 15.8 Å². The van der Waals surface area contributed by atoms with E-state index >= 15 is 0 Å². The summed E-state index contributed by atoms with van der Waals surface area (Å²) < 4.78 is 4.90. The van der Waals surface area contributed by atoms with Gasteiger partial charge in [0.25, 0.3) is 17.9 Å². The molecule has 0 saturated heterocycles. The largest absolute Gasteiger partial charge is 0.438 e. The van der Waals surface area contributed by atoms with Gasteiger partial charge in [-0.25, -0.2) is 4.79 Å². The van der Waals surface area contributed by atoms with E-state index in [-0.39, 0.29) is 16.3 Å². The molecule has 1 unspecified atom stereocenters. The van der Waals surface area contributed by atoms with Crippen molar-refractivity contribution in [3.63, 3.8) is 0 Å². The predicted octanol–water partition coefficient (Wildman–Crippen LogP) is 2.64. The molecule has 8 heteroatoms. The summed E-state index contributed by atoms with van der Waals surface area (Å²) in [6.07, 6.45) is -1.79. The van der Waals surface area contributed by atoms with Crippen molar-refractivity contribution in [1.29, 1.82) is 0 Å². The van der Waals surface area contributed by atoms with Crippen LogP contribution in [0.15, 0.2) is 48.5 Å². The van der Waals surface area contributed by atoms with Crippen LogP contribution in [0, 0.1) is 0 Å². The van der Waals surface area contributed by atoms with Crippen molar-refractivity contribution in [2.24, 2.45) is 5.73 Å². The van der Waals surface area contributed by atoms with Crippen LogP contribution in [0.5, 0.6) is 0 Å². The monoisotopic (exact) mass is 366 g/mol. The average molecular weight is 367 g/mol. The first-order chi connectivity index (χ1) is 11.4. The van der Waals surface area contributed by atoms with Gasteiger partial charge in [-0.1, -0.05) is 41.4 Å². The number of hydrogen-bond donors (Lipinski definition) is 2. The number of hydrogen-bond acceptors (Lipinski definition) is 4. The van der Waals surface area contributed by atoms with E-state index in [0.29, 0.717) is 5.02 Å². The molecule has 3 N–H and O–H groups in total. The molecule has 0 bridgehead atoms. The quantitative estimate of drug-likeness (QED) is 0.627. The zero-order valence-electron chi connectivity index (χ0n) is 12.2. The number of carbonyl (C=O) groups excluding carboxylic acids is 3. The maximum atomic E-state index is 12.2. The van der Waals surface area contributed by atoms with Crippen LogP contribution in [0.3, 0.4) is 0 Å². The van der Waals surface area contributed by atoms with E-state index in [0.717, 1.165) is 0 Å². The predicted molar refractivity (Wildman–Crippen MR) is 89.9 cm³/mol. The normalized spacial score (nSPS) is 11.4. The minimum Gasteiger partial charge on any atom is -0.438 e. The highest BCUT2D eigenvalue weighted by atomic mass is 35.5. The Morgan fingerprint density at radius 1 is 1.00 bits per heavy atom. The number of ether oxygens (including phenoxy) is 1. The van der Waals surface area contributed by atoms with Crippen LogP contribution < -0.4 is 11.1 Å². The van der Waals surface area contributed by atoms with Gasteiger partial charge in [0.05, 0.1) is 15.6 Å². The Kier molecular flexibility index (Phi) is 5.78. The molecule has 2 aromatic carbocycles. The number of esters is 1. The fraction of sp³-hybridized carbons (Fsp3) is 0.0625. The summed E-state index contributed by atoms with van der Waals surface area (Å²) >= 11 is 11.6. The molecule has 0 aliphatic heterocycles. The summed E-state index contributed by atoms with van der Waals surface area (Å²) in [6.45, 7) is 0. The second-order valence-electron chi connectivity index (χ2n) is 4.67. The smallest absolute Gasteiger partial charge is 0.339 e. The molecule has 0 spiro atoms. The first-order valence-electron chi connectivity index (χ1n) is 6.69. The molecule has 2 rings (SSSR count). The molecule has 0 heterocycles. The van der Waals surface area contributed by atoms with E-state index in [4.69, 9.17) is 33.7 Å². The Bertz CT molecular complexity index is 781. The van der Waals surface area contributed by atoms with E-state index < -0.39 is 23.9 Å². The molecular formula is C16H12Cl2N2O4. The molecule has 0 radical (unpaired) electrons. The van der Waals surface area contributed by atoms with E-state index in [1.54, 1.807) is 18.2 Å². The first-order valence-corrected chi connectivity index (χ1v) is 7.45. The Morgan fingerprint density at radius 2 is 1.67 bits per heavy atom. The third-order valence-corrected chi connectivity index (χ3v) is 3.66. The van der Waals surface area contributed by atoms with Gasteiger partial charge in [0, 0.05) is 5.69 Å². The first kappa shape index (κ1) is 17.8. The summed E-state index contributed by atoms with van der Waals surface area (Å²) in [7, 11) is 0. The van der Waals surface area contributed by atoms with Gasteiger partial charge in [-0.15, -0.1) is 0 Å². The number of nitrogens with one attached hydrogen (secondary N) is 1. The molecule has 0 aliphatic carbocycles. The van der Waals surface area contributed by atoms with Crippen molar-refractivity contribution in [1.82, 2.24) is 0 Å². The van der Waals surface area contributed by atoms with Gasteiger partial charge in [0.15, 0.2) is 0 Å². The third-order valence-electron chi connectivity index (χ3n) is 2.92. The van der Waals surface area contributed by atoms with Gasteiger partial charge in [0.1, 0.15) is 0 Å². The summed E-state index contributed by atoms with van der Waals surface area (Å²) in [6, 6.07) is 12.2. The van der Waals surface area contributed by atoms with Crippen molar-refractivity contribution < 1.29 is 19.1 Å². The second-order valence-corrected chi connectivity index (χ2v) is 5.49. The number of primary amides is 1. The standard InChI is InChI=1S/C16H12Cl2N2O4/c17-11-7-6-10(8-12(11)18)20-15(22)13(14(19)21)24-16(23)9-4-2-1-3-5-9/h1-8,13H,(H2,19,21)(H,20,22). The lowest BCUT2D eigenvalue weighted by Gasteiger charge is -2.15. The molecule has 124 valence electrons. The van der Waals surface area contributed by atoms with Crippen LogP contribution in [-0.4, -0.2) is 23.9 Å². The van der Waals surface area contributed by atoms with Crippen molar-refractivity contribution in [2.75, 3.05) is 5.32 Å². The summed E-state index contributed by atoms with van der Waals surface area (Å²) in [4.78, 5) is 35.6. The Balaban J connectivity index is 2.12. The average Bonchev–Trinajstić information content (AvgIpc) is 2.56. The number of anilines is 1. The van der Waals surface area contributed by atoms with E-state index in [1.165, 1.54) is 30.3 Å². The van der Waals surface area contributed by atoms with Crippen LogP contribution in [0.2, 0.25) is 10.0 Å². The van der Waals surface area contributed by atoms with Crippen molar-refractivity contribution >= 4 is 46.7 Å². The van der Waals surface area contributed by atoms with Crippen LogP contribution in [0.25, 0.3) is 0 Å². The van der Waals surface area contributed by atoms with Crippen molar-refractivity contribution in [2.45, 2.75) is 6.10 Å². The molecule has 0 aromatic heterocycles. The van der Waals surface area contributed by atoms with Gasteiger partial charge in [-0.2, -0.15) is 0 Å². The van der Waals surface area contributed by atoms with E-state index in [9.17, 15) is 14.4 Å². The van der Waals surface area contributed by atoms with Gasteiger partial charge in [0.2, 0.25) is 0 Å². The lowest BCUT2D eigenvalue weighted by atomic mass is 10.2. The molecule has 24 heavy (non-hydrogen) atoms. The van der Waals surface area contributed by atoms with Crippen LogP contribution >= 0.6 is 23.2 Å². The summed E-state index contributed by atoms with van der Waals surface area (Å²) in [5, 5.41) is 2.90. The van der Waals surface area contributed by atoms with Gasteiger partial charge in [-0.05, 0) is 30.3 Å². The van der Waals surface area contributed by atoms with Gasteiger partial charge in [-0.3, -0.25) is 9.59 Å². The number of halogens is 2. The number of nitrogens with two attached hydrogens (primary N) is 1. The minimum absolute atomic E-state index is 0.186. The molecule has 1 atom stereocenters. The lowest BCUT2D eigenvalue weighted by Crippen LogP contribution is -2.43. The van der Waals surface area contributed by atoms with Gasteiger partial charge >= 0.3 is 5.97 Å². The van der Waals surface area contributed by atoms with E-state index in [1.807, 2.05) is 0 Å². The van der Waals surface area contributed by atoms with Crippen molar-refractivity contribution in [3.8, 4) is 0 Å². The number of rotatable bonds is 5. The lowest BCUT2D eigenvalue weighted by molar-refractivity contribution is -0.136. The molecule has 0 fully saturated rings. The zero-order chi connectivity index (χ0) is 17.7. The molecule has 2 amide bonds. The van der Waals surface area contributed by atoms with Crippen LogP contribution in [0.1, 0.15) is 10.4 Å². The molecule has 6 nitrogen and oxygen atoms in total. The fourth-order valence-electron chi connectivity index (χ4n) is 1.77. The zero-order valence-corrected chi connectivity index (χ0v) is 13.7. The number of benzene rings is 2. The topological polar surface area (TPSA) is 98.5 Å². The Morgan fingerprint density at radius 3 is 2.25 bits per heavy atom. The maximum Gasteiger partial charge on any atom is 0.339 e. The number of carbonyl (C=O) groups is 3. The second kappa shape index (κ2) is 7.81. The van der Waals surface area contributed by atoms with Crippen LogP contribution in [-0.2, 0) is 14.3 Å². The summed E-state index contributed by atoms with van der Waals surface area (Å²) in [5.41, 5.74) is 5.61. The highest BCUT2D eigenvalue weighted by Crippen LogP contribution is 2.25. The third kappa shape index (κ3) is 4.47. The van der Waals surface area contributed by atoms with Crippen LogP contribution in [0.4, 0.5) is 5.69 Å². The molecule has 0 saturated carbocycles. The molecule has 0 aliphatic rings. The number of amides is 2. The van der Waals surface area contributed by atoms with E-state index in [2.05, 4.69) is 5.32 Å². The minimum atomic E-state index is -1.79. The Hall–Kier alpha value is -2.57. The summed E-state index contributed by atoms with van der Waals surface area (Å²) in [5.74, 6) is -2.84. The maximum absolute atomic E-state index is 12.2. The highest BCUT2D eigenvalue weighted by molar-refractivity contribution is 6.42. The molecular weight excluding hydrogens is 355 g/mol. The van der Waals surface area contributed by atoms with Crippen molar-refractivity contribution in [3.05, 3.63) is 64.1 Å².